The number of phenols is 2. The molecule has 0 bridgehead atoms. The lowest BCUT2D eigenvalue weighted by atomic mass is 9.85. The topological polar surface area (TPSA) is 190 Å². The Labute approximate surface area is 426 Å². The van der Waals surface area contributed by atoms with Gasteiger partial charge in [-0.15, -0.1) is 11.3 Å². The minimum absolute atomic E-state index is 0.00454. The van der Waals surface area contributed by atoms with Crippen LogP contribution in [0.3, 0.4) is 0 Å². The number of benzene rings is 5. The first-order valence-corrected chi connectivity index (χ1v) is 25.4. The zero-order chi connectivity index (χ0) is 51.4. The maximum absolute atomic E-state index is 14.1. The highest BCUT2D eigenvalue weighted by molar-refractivity contribution is 7.13. The maximum Gasteiger partial charge on any atom is 0.246 e. The normalized spacial score (nSPS) is 15.3. The minimum atomic E-state index is -0.924. The van der Waals surface area contributed by atoms with E-state index in [0.717, 1.165) is 67.1 Å². The van der Waals surface area contributed by atoms with Gasteiger partial charge in [0, 0.05) is 32.4 Å². The number of carbonyl (C=O) groups excluding carboxylic acids is 4. The number of aryl methyl sites for hydroxylation is 3. The molecule has 13 nitrogen and oxygen atoms in total. The molecule has 3 atom stereocenters. The van der Waals surface area contributed by atoms with E-state index in [-0.39, 0.29) is 61.8 Å². The number of thiazole rings is 1. The summed E-state index contributed by atoms with van der Waals surface area (Å²) in [5.41, 5.74) is 11.0. The van der Waals surface area contributed by atoms with E-state index in [1.54, 1.807) is 35.6 Å². The SMILES string of the molecule is CCC(=C(c1ccc(O)cc1)c1ccc(OCCNC(=O)CCc2ccc(CCC(=O)NC(C(=O)N3C[C@H](O)C[C@H]3C(=O)NCc3ccc(-c4scnc4C)cc3)C(C)(C)C)cc2)cc1)c1ccc(O)cc1. The number of allylic oxidation sites excluding steroid dienone is 1. The number of phenolic OH excluding ortho intramolecular Hbond substituents is 2. The lowest BCUT2D eigenvalue weighted by molar-refractivity contribution is -0.144. The van der Waals surface area contributed by atoms with Crippen molar-refractivity contribution in [2.45, 2.75) is 97.9 Å². The maximum atomic E-state index is 14.1. The Morgan fingerprint density at radius 3 is 1.86 bits per heavy atom. The predicted octanol–water partition coefficient (Wildman–Crippen LogP) is 8.77. The van der Waals surface area contributed by atoms with Gasteiger partial charge >= 0.3 is 0 Å². The number of aliphatic hydroxyl groups excluding tert-OH is 1. The number of ether oxygens (including phenoxy) is 1. The van der Waals surface area contributed by atoms with Crippen LogP contribution in [0.5, 0.6) is 17.2 Å². The van der Waals surface area contributed by atoms with Gasteiger partial charge in [0.1, 0.15) is 35.9 Å². The fraction of sp³-hybridized carbons (Fsp3) is 0.328. The van der Waals surface area contributed by atoms with E-state index >= 15 is 0 Å². The molecule has 1 saturated heterocycles. The molecule has 2 heterocycles. The lowest BCUT2D eigenvalue weighted by Gasteiger charge is -2.35. The fourth-order valence-corrected chi connectivity index (χ4v) is 9.71. The van der Waals surface area contributed by atoms with E-state index in [4.69, 9.17) is 4.74 Å². The van der Waals surface area contributed by atoms with Crippen LogP contribution in [-0.2, 0) is 38.6 Å². The Bertz CT molecular complexity index is 2820. The second kappa shape index (κ2) is 24.2. The van der Waals surface area contributed by atoms with Gasteiger partial charge in [-0.1, -0.05) is 113 Å². The van der Waals surface area contributed by atoms with Gasteiger partial charge in [-0.05, 0) is 118 Å². The lowest BCUT2D eigenvalue weighted by Crippen LogP contribution is -2.57. The van der Waals surface area contributed by atoms with Crippen LogP contribution in [-0.4, -0.2) is 86.7 Å². The third-order valence-corrected chi connectivity index (χ3v) is 13.9. The summed E-state index contributed by atoms with van der Waals surface area (Å²) in [4.78, 5) is 60.6. The number of β-amino-alcohol motifs (C(OH)–C–C–N with tert-alkyl or cyclic N) is 1. The van der Waals surface area contributed by atoms with Gasteiger partial charge in [-0.25, -0.2) is 4.98 Å². The molecular formula is C58H65N5O8S. The van der Waals surface area contributed by atoms with Crippen LogP contribution in [0.25, 0.3) is 21.6 Å². The second-order valence-corrected chi connectivity index (χ2v) is 20.1. The second-order valence-electron chi connectivity index (χ2n) is 19.3. The summed E-state index contributed by atoms with van der Waals surface area (Å²) < 4.78 is 5.97. The van der Waals surface area contributed by atoms with Crippen molar-refractivity contribution in [3.8, 4) is 27.7 Å². The average molecular weight is 992 g/mol. The van der Waals surface area contributed by atoms with Crippen LogP contribution >= 0.6 is 11.3 Å². The molecule has 0 aliphatic carbocycles. The van der Waals surface area contributed by atoms with Crippen molar-refractivity contribution in [3.63, 3.8) is 0 Å². The Morgan fingerprint density at radius 1 is 0.750 bits per heavy atom. The first-order valence-electron chi connectivity index (χ1n) is 24.5. The van der Waals surface area contributed by atoms with Gasteiger partial charge in [0.05, 0.1) is 28.7 Å². The molecule has 0 radical (unpaired) electrons. The summed E-state index contributed by atoms with van der Waals surface area (Å²) in [6.45, 7) is 10.5. The quantitative estimate of drug-likeness (QED) is 0.0321. The number of hydrogen-bond acceptors (Lipinski definition) is 10. The van der Waals surface area contributed by atoms with Gasteiger partial charge in [0.15, 0.2) is 0 Å². The van der Waals surface area contributed by atoms with Gasteiger partial charge in [0.25, 0.3) is 0 Å². The largest absolute Gasteiger partial charge is 0.508 e. The first kappa shape index (κ1) is 52.5. The number of nitrogens with zero attached hydrogens (tertiary/aromatic N) is 2. The number of rotatable bonds is 20. The summed E-state index contributed by atoms with van der Waals surface area (Å²) in [5.74, 6) is -0.119. The summed E-state index contributed by atoms with van der Waals surface area (Å²) in [6.07, 6.45) is 1.39. The number of hydrogen-bond donors (Lipinski definition) is 6. The summed E-state index contributed by atoms with van der Waals surface area (Å²) >= 11 is 1.57. The van der Waals surface area contributed by atoms with Crippen molar-refractivity contribution in [2.24, 2.45) is 5.41 Å². The molecule has 1 aromatic heterocycles. The van der Waals surface area contributed by atoms with Crippen molar-refractivity contribution < 1.29 is 39.2 Å². The molecule has 7 rings (SSSR count). The molecule has 14 heteroatoms. The number of amides is 4. The molecule has 1 unspecified atom stereocenters. The molecule has 6 N–H and O–H groups in total. The number of aliphatic hydroxyl groups is 1. The first-order chi connectivity index (χ1) is 34.6. The Hall–Kier alpha value is -7.29. The summed E-state index contributed by atoms with van der Waals surface area (Å²) in [6, 6.07) is 35.9. The van der Waals surface area contributed by atoms with Crippen molar-refractivity contribution >= 4 is 46.1 Å². The van der Waals surface area contributed by atoms with E-state index in [2.05, 4.69) is 27.9 Å². The highest BCUT2D eigenvalue weighted by Gasteiger charge is 2.44. The average Bonchev–Trinajstić information content (AvgIpc) is 4.00. The highest BCUT2D eigenvalue weighted by Crippen LogP contribution is 2.36. The zero-order valence-corrected chi connectivity index (χ0v) is 42.4. The molecular weight excluding hydrogens is 927 g/mol. The molecule has 0 spiro atoms. The zero-order valence-electron chi connectivity index (χ0n) is 41.6. The van der Waals surface area contributed by atoms with Crippen LogP contribution < -0.4 is 20.7 Å². The number of nitrogens with one attached hydrogen (secondary N) is 3. The van der Waals surface area contributed by atoms with E-state index in [1.165, 1.54) is 4.90 Å². The number of aromatic nitrogens is 1. The number of carbonyl (C=O) groups is 4. The molecule has 0 saturated carbocycles. The Kier molecular flexibility index (Phi) is 17.7. The molecule has 1 aliphatic heterocycles. The van der Waals surface area contributed by atoms with Crippen LogP contribution in [0.1, 0.15) is 92.5 Å². The standard InChI is InChI=1S/C58H65N5O8S/c1-6-49(41-17-23-45(64)24-18-41)53(42-19-25-46(65)26-20-42)43-21-27-48(28-22-43)71-32-31-59-51(67)29-13-38-7-9-39(10-8-38)14-30-52(68)62-55(58(3,4)5)57(70)63-35-47(66)33-50(63)56(69)60-34-40-11-15-44(16-12-40)54-37(2)61-36-72-54/h7-12,15-28,36,47,50,55,64-66H,6,13-14,29-35H2,1-5H3,(H,59,67)(H,60,69)(H,62,68)/t47-,50+,55?/m1/s1. The highest BCUT2D eigenvalue weighted by atomic mass is 32.1. The van der Waals surface area contributed by atoms with Crippen molar-refractivity contribution in [1.82, 2.24) is 25.8 Å². The third kappa shape index (κ3) is 14.0. The van der Waals surface area contributed by atoms with E-state index in [9.17, 15) is 34.5 Å². The number of likely N-dealkylation sites (tertiary alicyclic amines) is 1. The number of aromatic hydroxyl groups is 2. The van der Waals surface area contributed by atoms with Crippen LogP contribution in [0, 0.1) is 12.3 Å². The van der Waals surface area contributed by atoms with Gasteiger partial charge in [0.2, 0.25) is 23.6 Å². The summed E-state index contributed by atoms with van der Waals surface area (Å²) in [5, 5.41) is 39.3. The van der Waals surface area contributed by atoms with Gasteiger partial charge in [-0.3, -0.25) is 19.2 Å². The van der Waals surface area contributed by atoms with Gasteiger partial charge in [-0.2, -0.15) is 0 Å². The fourth-order valence-electron chi connectivity index (χ4n) is 8.90. The predicted molar refractivity (Wildman–Crippen MR) is 282 cm³/mol. The van der Waals surface area contributed by atoms with Crippen molar-refractivity contribution in [3.05, 3.63) is 166 Å². The van der Waals surface area contributed by atoms with E-state index in [1.807, 2.05) is 130 Å². The minimum Gasteiger partial charge on any atom is -0.508 e. The summed E-state index contributed by atoms with van der Waals surface area (Å²) in [7, 11) is 0. The van der Waals surface area contributed by atoms with Crippen molar-refractivity contribution in [1.29, 1.82) is 0 Å². The van der Waals surface area contributed by atoms with Crippen LogP contribution in [0.4, 0.5) is 0 Å². The van der Waals surface area contributed by atoms with Crippen molar-refractivity contribution in [2.75, 3.05) is 19.7 Å². The molecule has 5 aromatic carbocycles. The van der Waals surface area contributed by atoms with Crippen LogP contribution in [0.15, 0.2) is 127 Å². The third-order valence-electron chi connectivity index (χ3n) is 12.9. The molecule has 72 heavy (non-hydrogen) atoms. The molecule has 4 amide bonds. The smallest absolute Gasteiger partial charge is 0.246 e. The Morgan fingerprint density at radius 2 is 1.31 bits per heavy atom. The van der Waals surface area contributed by atoms with E-state index in [0.29, 0.717) is 31.6 Å². The Balaban J connectivity index is 0.838. The molecule has 376 valence electrons. The van der Waals surface area contributed by atoms with Gasteiger partial charge < -0.3 is 40.9 Å². The van der Waals surface area contributed by atoms with E-state index < -0.39 is 29.5 Å². The molecule has 6 aromatic rings. The molecule has 1 fully saturated rings. The van der Waals surface area contributed by atoms with Crippen LogP contribution in [0.2, 0.25) is 0 Å². The molecule has 1 aliphatic rings. The monoisotopic (exact) mass is 991 g/mol.